The normalized spacial score (nSPS) is 22.1. The lowest BCUT2D eigenvalue weighted by Crippen LogP contribution is -2.48. The second-order valence-electron chi connectivity index (χ2n) is 9.18. The van der Waals surface area contributed by atoms with Gasteiger partial charge in [0, 0.05) is 50.5 Å². The fourth-order valence-corrected chi connectivity index (χ4v) is 4.62. The SMILES string of the molecule is CC(Cc1ccc(-n2ccc(NC(=O)N3CCNCC3)nc2=O)cc1)N[C@H]1CC[C@H](N)CC1. The standard InChI is InChI=1S/C24H35N7O2/c1-17(27-20-6-4-19(25)5-7-20)16-18-2-8-21(9-3-18)31-13-10-22(29-24(31)33)28-23(32)30-14-11-26-12-15-30/h2-3,8-10,13,17,19-20,26-27H,4-7,11-12,14-16,25H2,1H3,(H,28,29,32,33)/t17?,19-,20-. The molecule has 178 valence electrons. The molecule has 33 heavy (non-hydrogen) atoms. The number of benzene rings is 1. The first-order chi connectivity index (χ1) is 16.0. The third-order valence-electron chi connectivity index (χ3n) is 6.49. The predicted octanol–water partition coefficient (Wildman–Crippen LogP) is 1.46. The third kappa shape index (κ3) is 6.40. The van der Waals surface area contributed by atoms with E-state index in [1.807, 2.05) is 12.1 Å². The van der Waals surface area contributed by atoms with E-state index in [1.165, 1.54) is 10.1 Å². The Kier molecular flexibility index (Phi) is 7.74. The number of nitrogens with two attached hydrogens (primary N) is 1. The van der Waals surface area contributed by atoms with E-state index in [2.05, 4.69) is 40.0 Å². The van der Waals surface area contributed by atoms with Crippen molar-refractivity contribution < 1.29 is 4.79 Å². The van der Waals surface area contributed by atoms with Gasteiger partial charge in [0.05, 0.1) is 5.69 Å². The first-order valence-corrected chi connectivity index (χ1v) is 12.0. The fraction of sp³-hybridized carbons (Fsp3) is 0.542. The van der Waals surface area contributed by atoms with Gasteiger partial charge in [-0.25, -0.2) is 9.59 Å². The maximum atomic E-state index is 12.6. The van der Waals surface area contributed by atoms with Gasteiger partial charge in [-0.15, -0.1) is 0 Å². The molecule has 1 aromatic heterocycles. The average molecular weight is 454 g/mol. The molecular weight excluding hydrogens is 418 g/mol. The summed E-state index contributed by atoms with van der Waals surface area (Å²) in [5.74, 6) is 0.264. The van der Waals surface area contributed by atoms with Gasteiger partial charge < -0.3 is 21.3 Å². The van der Waals surface area contributed by atoms with E-state index in [0.29, 0.717) is 31.2 Å². The number of piperazine rings is 1. The Hall–Kier alpha value is -2.75. The number of nitrogens with zero attached hydrogens (tertiary/aromatic N) is 3. The molecule has 5 N–H and O–H groups in total. The van der Waals surface area contributed by atoms with Crippen LogP contribution in [0.3, 0.4) is 0 Å². The highest BCUT2D eigenvalue weighted by Crippen LogP contribution is 2.18. The van der Waals surface area contributed by atoms with Crippen molar-refractivity contribution in [1.82, 2.24) is 25.1 Å². The highest BCUT2D eigenvalue weighted by Gasteiger charge is 2.20. The number of urea groups is 1. The molecular formula is C24H35N7O2. The van der Waals surface area contributed by atoms with Crippen LogP contribution in [0.5, 0.6) is 0 Å². The zero-order valence-corrected chi connectivity index (χ0v) is 19.3. The summed E-state index contributed by atoms with van der Waals surface area (Å²) in [6, 6.07) is 10.7. The first kappa shape index (κ1) is 23.4. The zero-order valence-electron chi connectivity index (χ0n) is 19.3. The van der Waals surface area contributed by atoms with Gasteiger partial charge in [-0.1, -0.05) is 12.1 Å². The van der Waals surface area contributed by atoms with E-state index < -0.39 is 5.69 Å². The Morgan fingerprint density at radius 3 is 2.52 bits per heavy atom. The molecule has 1 saturated carbocycles. The molecule has 9 heteroatoms. The van der Waals surface area contributed by atoms with Gasteiger partial charge in [0.25, 0.3) is 0 Å². The molecule has 2 fully saturated rings. The second-order valence-corrected chi connectivity index (χ2v) is 9.18. The second kappa shape index (κ2) is 10.9. The molecule has 0 radical (unpaired) electrons. The van der Waals surface area contributed by atoms with E-state index >= 15 is 0 Å². The van der Waals surface area contributed by atoms with Crippen LogP contribution in [0.4, 0.5) is 10.6 Å². The number of hydrogen-bond acceptors (Lipinski definition) is 6. The first-order valence-electron chi connectivity index (χ1n) is 12.0. The van der Waals surface area contributed by atoms with Gasteiger partial charge in [-0.2, -0.15) is 4.98 Å². The summed E-state index contributed by atoms with van der Waals surface area (Å²) < 4.78 is 1.48. The Morgan fingerprint density at radius 2 is 1.85 bits per heavy atom. The number of carbonyl (C=O) groups is 1. The van der Waals surface area contributed by atoms with Crippen LogP contribution >= 0.6 is 0 Å². The molecule has 9 nitrogen and oxygen atoms in total. The van der Waals surface area contributed by atoms with Crippen LogP contribution in [0, 0.1) is 0 Å². The molecule has 2 aromatic rings. The molecule has 0 spiro atoms. The summed E-state index contributed by atoms with van der Waals surface area (Å²) in [5.41, 5.74) is 7.54. The van der Waals surface area contributed by atoms with E-state index in [-0.39, 0.29) is 11.8 Å². The molecule has 0 bridgehead atoms. The Balaban J connectivity index is 1.33. The quantitative estimate of drug-likeness (QED) is 0.526. The number of anilines is 1. The molecule has 1 aliphatic carbocycles. The van der Waals surface area contributed by atoms with Crippen LogP contribution in [0.15, 0.2) is 41.3 Å². The van der Waals surface area contributed by atoms with Crippen LogP contribution in [0.2, 0.25) is 0 Å². The van der Waals surface area contributed by atoms with Crippen molar-refractivity contribution in [2.45, 2.75) is 57.2 Å². The van der Waals surface area contributed by atoms with Crippen molar-refractivity contribution in [2.24, 2.45) is 5.73 Å². The van der Waals surface area contributed by atoms with Crippen molar-refractivity contribution in [3.05, 3.63) is 52.6 Å². The number of aromatic nitrogens is 2. The van der Waals surface area contributed by atoms with Crippen molar-refractivity contribution in [3.8, 4) is 5.69 Å². The van der Waals surface area contributed by atoms with E-state index in [9.17, 15) is 9.59 Å². The zero-order chi connectivity index (χ0) is 23.2. The van der Waals surface area contributed by atoms with E-state index in [4.69, 9.17) is 5.73 Å². The summed E-state index contributed by atoms with van der Waals surface area (Å²) in [5, 5.41) is 9.65. The van der Waals surface area contributed by atoms with Crippen LogP contribution < -0.4 is 27.4 Å². The van der Waals surface area contributed by atoms with Crippen LogP contribution in [0.25, 0.3) is 5.69 Å². The molecule has 1 saturated heterocycles. The number of amides is 2. The number of nitrogens with one attached hydrogen (secondary N) is 3. The topological polar surface area (TPSA) is 117 Å². The minimum atomic E-state index is -0.425. The van der Waals surface area contributed by atoms with Gasteiger partial charge in [0.2, 0.25) is 0 Å². The Labute approximate surface area is 194 Å². The van der Waals surface area contributed by atoms with Gasteiger partial charge >= 0.3 is 11.7 Å². The van der Waals surface area contributed by atoms with Crippen LogP contribution in [0.1, 0.15) is 38.2 Å². The predicted molar refractivity (Wildman–Crippen MR) is 130 cm³/mol. The number of carbonyl (C=O) groups excluding carboxylic acids is 1. The summed E-state index contributed by atoms with van der Waals surface area (Å²) in [6.45, 7) is 5.02. The van der Waals surface area contributed by atoms with Gasteiger partial charge in [-0.3, -0.25) is 9.88 Å². The minimum absolute atomic E-state index is 0.232. The van der Waals surface area contributed by atoms with Crippen LogP contribution in [-0.4, -0.2) is 64.8 Å². The molecule has 2 amide bonds. The Morgan fingerprint density at radius 1 is 1.15 bits per heavy atom. The fourth-order valence-electron chi connectivity index (χ4n) is 4.62. The number of rotatable bonds is 6. The van der Waals surface area contributed by atoms with Crippen molar-refractivity contribution in [3.63, 3.8) is 0 Å². The smallest absolute Gasteiger partial charge is 0.328 e. The lowest BCUT2D eigenvalue weighted by atomic mass is 9.91. The highest BCUT2D eigenvalue weighted by atomic mass is 16.2. The maximum absolute atomic E-state index is 12.6. The third-order valence-corrected chi connectivity index (χ3v) is 6.49. The lowest BCUT2D eigenvalue weighted by Gasteiger charge is -2.29. The van der Waals surface area contributed by atoms with Crippen molar-refractivity contribution in [2.75, 3.05) is 31.5 Å². The number of hydrogen-bond donors (Lipinski definition) is 4. The summed E-state index contributed by atoms with van der Waals surface area (Å²) in [6.07, 6.45) is 7.06. The minimum Gasteiger partial charge on any atom is -0.328 e. The molecule has 1 aromatic carbocycles. The summed E-state index contributed by atoms with van der Waals surface area (Å²) in [4.78, 5) is 30.6. The van der Waals surface area contributed by atoms with Crippen LogP contribution in [-0.2, 0) is 6.42 Å². The monoisotopic (exact) mass is 453 g/mol. The maximum Gasteiger partial charge on any atom is 0.354 e. The Bertz CT molecular complexity index is 977. The molecule has 1 unspecified atom stereocenters. The molecule has 2 aliphatic rings. The van der Waals surface area contributed by atoms with Crippen molar-refractivity contribution in [1.29, 1.82) is 0 Å². The molecule has 4 rings (SSSR count). The highest BCUT2D eigenvalue weighted by molar-refractivity contribution is 5.88. The lowest BCUT2D eigenvalue weighted by molar-refractivity contribution is 0.204. The molecule has 1 aliphatic heterocycles. The van der Waals surface area contributed by atoms with Gasteiger partial charge in [0.1, 0.15) is 5.82 Å². The molecule has 1 atom stereocenters. The van der Waals surface area contributed by atoms with Crippen molar-refractivity contribution >= 4 is 11.8 Å². The molecule has 2 heterocycles. The average Bonchev–Trinajstić information content (AvgIpc) is 2.82. The van der Waals surface area contributed by atoms with E-state index in [0.717, 1.165) is 50.9 Å². The van der Waals surface area contributed by atoms with E-state index in [1.54, 1.807) is 17.2 Å². The summed E-state index contributed by atoms with van der Waals surface area (Å²) in [7, 11) is 0. The van der Waals surface area contributed by atoms with Gasteiger partial charge in [-0.05, 0) is 62.8 Å². The largest absolute Gasteiger partial charge is 0.354 e. The summed E-state index contributed by atoms with van der Waals surface area (Å²) >= 11 is 0. The van der Waals surface area contributed by atoms with Gasteiger partial charge in [0.15, 0.2) is 0 Å².